The van der Waals surface area contributed by atoms with E-state index < -0.39 is 18.2 Å². The van der Waals surface area contributed by atoms with Gasteiger partial charge in [-0.1, -0.05) is 267 Å². The van der Waals surface area contributed by atoms with Crippen LogP contribution in [0.15, 0.2) is 72.9 Å². The van der Waals surface area contributed by atoms with E-state index in [1.807, 2.05) is 36.5 Å². The highest BCUT2D eigenvalue weighted by atomic mass is 16.5. The molecule has 6 nitrogen and oxygen atoms in total. The average molecular weight is 937 g/mol. The predicted octanol–water partition coefficient (Wildman–Crippen LogP) is 17.7. The zero-order valence-corrected chi connectivity index (χ0v) is 44.3. The van der Waals surface area contributed by atoms with Crippen molar-refractivity contribution in [2.75, 3.05) is 6.61 Å². The Morgan fingerprint density at radius 1 is 0.448 bits per heavy atom. The number of allylic oxidation sites excluding steroid dienone is 12. The lowest BCUT2D eigenvalue weighted by Crippen LogP contribution is -2.46. The molecular formula is C61H109NO5. The molecule has 0 spiro atoms. The minimum atomic E-state index is -0.800. The quantitative estimate of drug-likeness (QED) is 0.0244. The van der Waals surface area contributed by atoms with E-state index in [1.165, 1.54) is 161 Å². The largest absolute Gasteiger partial charge is 0.462 e. The van der Waals surface area contributed by atoms with Crippen molar-refractivity contribution in [3.05, 3.63) is 72.9 Å². The summed E-state index contributed by atoms with van der Waals surface area (Å²) in [7, 11) is 0. The second-order valence-corrected chi connectivity index (χ2v) is 19.4. The number of hydrogen-bond acceptors (Lipinski definition) is 5. The number of carbonyl (C=O) groups excluding carboxylic acids is 2. The van der Waals surface area contributed by atoms with Crippen molar-refractivity contribution in [3.8, 4) is 0 Å². The normalized spacial score (nSPS) is 13.7. The van der Waals surface area contributed by atoms with Crippen molar-refractivity contribution in [3.63, 3.8) is 0 Å². The van der Waals surface area contributed by atoms with Gasteiger partial charge in [-0.25, -0.2) is 0 Å². The van der Waals surface area contributed by atoms with E-state index in [4.69, 9.17) is 4.74 Å². The Balaban J connectivity index is 4.63. The van der Waals surface area contributed by atoms with E-state index >= 15 is 0 Å². The number of aliphatic hydroxyl groups is 2. The lowest BCUT2D eigenvalue weighted by atomic mass is 10.0. The molecule has 0 bridgehead atoms. The van der Waals surface area contributed by atoms with Crippen LogP contribution in [0, 0.1) is 0 Å². The van der Waals surface area contributed by atoms with E-state index in [9.17, 15) is 19.8 Å². The van der Waals surface area contributed by atoms with Gasteiger partial charge in [0.15, 0.2) is 0 Å². The Labute approximate surface area is 415 Å². The first-order valence-electron chi connectivity index (χ1n) is 28.7. The van der Waals surface area contributed by atoms with Gasteiger partial charge in [0.25, 0.3) is 0 Å². The number of unbranched alkanes of at least 4 members (excludes halogenated alkanes) is 31. The van der Waals surface area contributed by atoms with Gasteiger partial charge >= 0.3 is 5.97 Å². The molecule has 0 saturated heterocycles. The molecule has 6 heteroatoms. The molecule has 3 unspecified atom stereocenters. The van der Waals surface area contributed by atoms with Gasteiger partial charge in [0, 0.05) is 6.42 Å². The predicted molar refractivity (Wildman–Crippen MR) is 291 cm³/mol. The van der Waals surface area contributed by atoms with Gasteiger partial charge < -0.3 is 20.3 Å². The second-order valence-electron chi connectivity index (χ2n) is 19.4. The van der Waals surface area contributed by atoms with Crippen molar-refractivity contribution < 1.29 is 24.5 Å². The third-order valence-corrected chi connectivity index (χ3v) is 12.9. The first-order chi connectivity index (χ1) is 33.0. The second kappa shape index (κ2) is 54.2. The third-order valence-electron chi connectivity index (χ3n) is 12.9. The fourth-order valence-corrected chi connectivity index (χ4v) is 8.57. The lowest BCUT2D eigenvalue weighted by molar-refractivity contribution is -0.151. The Morgan fingerprint density at radius 2 is 0.821 bits per heavy atom. The molecule has 0 radical (unpaired) electrons. The summed E-state index contributed by atoms with van der Waals surface area (Å²) in [5, 5.41) is 23.9. The minimum absolute atomic E-state index is 0.0556. The summed E-state index contributed by atoms with van der Waals surface area (Å²) in [5.74, 6) is -0.522. The summed E-state index contributed by atoms with van der Waals surface area (Å²) in [5.41, 5.74) is 0. The summed E-state index contributed by atoms with van der Waals surface area (Å²) in [6, 6.07) is -0.716. The van der Waals surface area contributed by atoms with Gasteiger partial charge in [0.05, 0.1) is 25.2 Å². The number of carbonyl (C=O) groups is 2. The molecule has 0 aliphatic rings. The number of rotatable bonds is 51. The molecule has 0 aliphatic heterocycles. The highest BCUT2D eigenvalue weighted by Gasteiger charge is 2.24. The molecule has 388 valence electrons. The molecular weight excluding hydrogens is 827 g/mol. The maximum Gasteiger partial charge on any atom is 0.306 e. The molecule has 1 amide bonds. The highest BCUT2D eigenvalue weighted by Crippen LogP contribution is 2.18. The van der Waals surface area contributed by atoms with Gasteiger partial charge in [-0.3, -0.25) is 9.59 Å². The molecule has 0 saturated carbocycles. The molecule has 3 atom stereocenters. The lowest BCUT2D eigenvalue weighted by Gasteiger charge is -2.24. The van der Waals surface area contributed by atoms with Crippen LogP contribution in [0.3, 0.4) is 0 Å². The van der Waals surface area contributed by atoms with Crippen LogP contribution in [0.1, 0.15) is 278 Å². The Kier molecular flexibility index (Phi) is 52.1. The fraction of sp³-hybridized carbons (Fsp3) is 0.770. The summed E-state index contributed by atoms with van der Waals surface area (Å²) in [6.07, 6.45) is 69.6. The topological polar surface area (TPSA) is 95.9 Å². The monoisotopic (exact) mass is 936 g/mol. The Hall–Kier alpha value is -2.70. The van der Waals surface area contributed by atoms with Crippen molar-refractivity contribution in [1.82, 2.24) is 5.32 Å². The molecule has 0 aromatic rings. The SMILES string of the molecule is CC/C=C/C=C/C=C\C=C/C=C/CCCCCC(=O)OC(CCCCCCCCC/C=C/CCCCCCCC)CC(=O)NC(CO)C(O)CCCCCCCCCCCCCCCCCC. The number of ether oxygens (including phenoxy) is 1. The number of nitrogens with one attached hydrogen (secondary N) is 1. The minimum Gasteiger partial charge on any atom is -0.462 e. The third kappa shape index (κ3) is 49.5. The van der Waals surface area contributed by atoms with Crippen LogP contribution < -0.4 is 5.32 Å². The number of hydrogen-bond donors (Lipinski definition) is 3. The van der Waals surface area contributed by atoms with E-state index in [1.54, 1.807) is 0 Å². The van der Waals surface area contributed by atoms with Crippen LogP contribution in [-0.4, -0.2) is 46.9 Å². The average Bonchev–Trinajstić information content (AvgIpc) is 3.32. The van der Waals surface area contributed by atoms with Crippen LogP contribution in [0.2, 0.25) is 0 Å². The maximum atomic E-state index is 13.3. The van der Waals surface area contributed by atoms with Crippen LogP contribution in [0.5, 0.6) is 0 Å². The summed E-state index contributed by atoms with van der Waals surface area (Å²) < 4.78 is 5.94. The molecule has 0 rings (SSSR count). The van der Waals surface area contributed by atoms with E-state index in [0.29, 0.717) is 19.3 Å². The van der Waals surface area contributed by atoms with E-state index in [2.05, 4.69) is 62.5 Å². The Morgan fingerprint density at radius 3 is 1.27 bits per heavy atom. The van der Waals surface area contributed by atoms with Gasteiger partial charge in [-0.05, 0) is 70.6 Å². The van der Waals surface area contributed by atoms with Gasteiger partial charge in [0.1, 0.15) is 6.10 Å². The standard InChI is InChI=1S/C61H109NO5/c1-4-7-10-13-16-19-22-25-28-30-32-34-37-40-43-46-49-52-57(67-61(66)54-51-48-45-42-39-36-31-27-24-21-18-15-12-9-6-3)55-60(65)62-58(56-63)59(64)53-50-47-44-41-38-35-33-29-26-23-20-17-14-11-8-5-2/h9,12,15,18,21,24-25,27-28,31,36,39,57-59,63-64H,4-8,10-11,13-14,16-17,19-20,22-23,26,29-30,32-35,37-38,40-56H2,1-3H3,(H,62,65)/b12-9+,18-15+,24-21-,28-25+,31-27-,39-36+. The smallest absolute Gasteiger partial charge is 0.306 e. The number of esters is 1. The number of aliphatic hydroxyl groups excluding tert-OH is 2. The first-order valence-corrected chi connectivity index (χ1v) is 28.7. The van der Waals surface area contributed by atoms with Crippen LogP contribution in [0.4, 0.5) is 0 Å². The molecule has 0 aromatic heterocycles. The van der Waals surface area contributed by atoms with Crippen molar-refractivity contribution in [1.29, 1.82) is 0 Å². The molecule has 0 heterocycles. The van der Waals surface area contributed by atoms with E-state index in [-0.39, 0.29) is 24.9 Å². The zero-order chi connectivity index (χ0) is 48.8. The molecule has 67 heavy (non-hydrogen) atoms. The van der Waals surface area contributed by atoms with Crippen LogP contribution >= 0.6 is 0 Å². The summed E-state index contributed by atoms with van der Waals surface area (Å²) in [4.78, 5) is 26.3. The summed E-state index contributed by atoms with van der Waals surface area (Å²) in [6.45, 7) is 6.35. The van der Waals surface area contributed by atoms with Crippen molar-refractivity contribution in [2.45, 2.75) is 296 Å². The number of amides is 1. The molecule has 0 aromatic carbocycles. The highest BCUT2D eigenvalue weighted by molar-refractivity contribution is 5.77. The van der Waals surface area contributed by atoms with E-state index in [0.717, 1.165) is 70.6 Å². The van der Waals surface area contributed by atoms with Gasteiger partial charge in [-0.2, -0.15) is 0 Å². The van der Waals surface area contributed by atoms with Crippen LogP contribution in [-0.2, 0) is 14.3 Å². The Bertz CT molecular complexity index is 1230. The van der Waals surface area contributed by atoms with Crippen molar-refractivity contribution >= 4 is 11.9 Å². The van der Waals surface area contributed by atoms with Gasteiger partial charge in [-0.15, -0.1) is 0 Å². The van der Waals surface area contributed by atoms with Crippen LogP contribution in [0.25, 0.3) is 0 Å². The summed E-state index contributed by atoms with van der Waals surface area (Å²) >= 11 is 0. The first kappa shape index (κ1) is 64.3. The molecule has 3 N–H and O–H groups in total. The molecule has 0 aliphatic carbocycles. The van der Waals surface area contributed by atoms with Crippen molar-refractivity contribution in [2.24, 2.45) is 0 Å². The zero-order valence-electron chi connectivity index (χ0n) is 44.3. The fourth-order valence-electron chi connectivity index (χ4n) is 8.57. The molecule has 0 fully saturated rings. The van der Waals surface area contributed by atoms with Gasteiger partial charge in [0.2, 0.25) is 5.91 Å². The maximum absolute atomic E-state index is 13.3.